The van der Waals surface area contributed by atoms with E-state index >= 15 is 0 Å². The van der Waals surface area contributed by atoms with Crippen LogP contribution < -0.4 is 5.32 Å². The quantitative estimate of drug-likeness (QED) is 0.800. The Hall–Kier alpha value is -1.35. The highest BCUT2D eigenvalue weighted by Gasteiger charge is 2.37. The maximum absolute atomic E-state index is 12.1. The molecule has 19 heavy (non-hydrogen) atoms. The number of carbonyl (C=O) groups excluding carboxylic acids is 1. The molecule has 1 aliphatic carbocycles. The van der Waals surface area contributed by atoms with E-state index in [0.717, 1.165) is 24.4 Å². The topological polar surface area (TPSA) is 38.3 Å². The monoisotopic (exact) mass is 261 g/mol. The molecule has 0 radical (unpaired) electrons. The first-order valence-electron chi connectivity index (χ1n) is 7.03. The molecule has 1 unspecified atom stereocenters. The number of hydrogen-bond acceptors (Lipinski definition) is 3. The summed E-state index contributed by atoms with van der Waals surface area (Å²) in [6.07, 6.45) is 3.53. The predicted molar refractivity (Wildman–Crippen MR) is 75.9 cm³/mol. The summed E-state index contributed by atoms with van der Waals surface area (Å²) in [6, 6.07) is 8.20. The largest absolute Gasteiger partial charge is 0.467 e. The molecule has 2 rings (SSSR count). The van der Waals surface area contributed by atoms with E-state index in [1.807, 2.05) is 19.1 Å². The van der Waals surface area contributed by atoms with E-state index in [2.05, 4.69) is 24.4 Å². The van der Waals surface area contributed by atoms with Crippen molar-refractivity contribution in [3.05, 3.63) is 35.4 Å². The summed E-state index contributed by atoms with van der Waals surface area (Å²) in [5.74, 6) is 0.497. The molecule has 1 aliphatic rings. The molecule has 104 valence electrons. The molecule has 1 N–H and O–H groups in total. The maximum Gasteiger partial charge on any atom is 0.330 e. The van der Waals surface area contributed by atoms with Gasteiger partial charge in [-0.2, -0.15) is 0 Å². The Labute approximate surface area is 115 Å². The zero-order valence-corrected chi connectivity index (χ0v) is 12.0. The van der Waals surface area contributed by atoms with Gasteiger partial charge in [0.15, 0.2) is 0 Å². The highest BCUT2D eigenvalue weighted by molar-refractivity contribution is 5.82. The Morgan fingerprint density at radius 3 is 2.47 bits per heavy atom. The van der Waals surface area contributed by atoms with Crippen LogP contribution in [-0.4, -0.2) is 19.6 Å². The van der Waals surface area contributed by atoms with Gasteiger partial charge in [0.1, 0.15) is 5.54 Å². The molecule has 3 nitrogen and oxygen atoms in total. The first kappa shape index (κ1) is 14.1. The number of carbonyl (C=O) groups is 1. The summed E-state index contributed by atoms with van der Waals surface area (Å²) < 4.78 is 4.98. The van der Waals surface area contributed by atoms with E-state index in [0.29, 0.717) is 0 Å². The van der Waals surface area contributed by atoms with Crippen molar-refractivity contribution in [2.75, 3.05) is 13.7 Å². The lowest BCUT2D eigenvalue weighted by molar-refractivity contribution is -0.148. The van der Waals surface area contributed by atoms with Crippen LogP contribution in [-0.2, 0) is 21.5 Å². The lowest BCUT2D eigenvalue weighted by Crippen LogP contribution is -2.48. The van der Waals surface area contributed by atoms with Gasteiger partial charge in [-0.25, -0.2) is 4.79 Å². The highest BCUT2D eigenvalue weighted by Crippen LogP contribution is 2.30. The molecular weight excluding hydrogens is 238 g/mol. The van der Waals surface area contributed by atoms with Crippen LogP contribution in [0, 0.1) is 5.92 Å². The Morgan fingerprint density at radius 2 is 2.00 bits per heavy atom. The second kappa shape index (κ2) is 5.74. The first-order chi connectivity index (χ1) is 9.10. The summed E-state index contributed by atoms with van der Waals surface area (Å²) in [5.41, 5.74) is 1.50. The standard InChI is InChI=1S/C16H23NO2/c1-4-12-7-9-14(10-8-12)16(2,15(18)19-3)17-11-13-5-6-13/h7-10,13,17H,4-6,11H2,1-3H3. The summed E-state index contributed by atoms with van der Waals surface area (Å²) in [7, 11) is 1.44. The predicted octanol–water partition coefficient (Wildman–Crippen LogP) is 2.64. The lowest BCUT2D eigenvalue weighted by atomic mass is 9.90. The minimum atomic E-state index is -0.746. The molecule has 3 heteroatoms. The van der Waals surface area contributed by atoms with Crippen LogP contribution in [0.4, 0.5) is 0 Å². The molecule has 1 fully saturated rings. The van der Waals surface area contributed by atoms with Crippen molar-refractivity contribution in [3.8, 4) is 0 Å². The number of nitrogens with one attached hydrogen (secondary N) is 1. The van der Waals surface area contributed by atoms with Crippen LogP contribution in [0.2, 0.25) is 0 Å². The van der Waals surface area contributed by atoms with E-state index in [4.69, 9.17) is 4.74 Å². The van der Waals surface area contributed by atoms with Gasteiger partial charge in [-0.15, -0.1) is 0 Å². The van der Waals surface area contributed by atoms with E-state index in [-0.39, 0.29) is 5.97 Å². The van der Waals surface area contributed by atoms with E-state index in [1.54, 1.807) is 0 Å². The number of hydrogen-bond donors (Lipinski definition) is 1. The van der Waals surface area contributed by atoms with Crippen LogP contribution in [0.5, 0.6) is 0 Å². The number of esters is 1. The first-order valence-corrected chi connectivity index (χ1v) is 7.03. The summed E-state index contributed by atoms with van der Waals surface area (Å²) in [4.78, 5) is 12.1. The minimum absolute atomic E-state index is 0.225. The Kier molecular flexibility index (Phi) is 4.25. The smallest absolute Gasteiger partial charge is 0.330 e. The summed E-state index contributed by atoms with van der Waals surface area (Å²) in [6.45, 7) is 4.91. The average molecular weight is 261 g/mol. The van der Waals surface area contributed by atoms with Gasteiger partial charge in [-0.1, -0.05) is 31.2 Å². The minimum Gasteiger partial charge on any atom is -0.467 e. The molecule has 1 saturated carbocycles. The molecule has 0 aliphatic heterocycles. The third kappa shape index (κ3) is 3.16. The van der Waals surface area contributed by atoms with Crippen molar-refractivity contribution < 1.29 is 9.53 Å². The highest BCUT2D eigenvalue weighted by atomic mass is 16.5. The molecule has 0 amide bonds. The SMILES string of the molecule is CCc1ccc(C(C)(NCC2CC2)C(=O)OC)cc1. The zero-order chi connectivity index (χ0) is 13.9. The van der Waals surface area contributed by atoms with Gasteiger partial charge in [0.2, 0.25) is 0 Å². The van der Waals surface area contributed by atoms with E-state index in [1.165, 1.54) is 25.5 Å². The molecule has 1 aromatic rings. The third-order valence-corrected chi connectivity index (χ3v) is 3.97. The number of ether oxygens (including phenoxy) is 1. The molecule has 0 spiro atoms. The molecule has 0 bridgehead atoms. The Morgan fingerprint density at radius 1 is 1.37 bits per heavy atom. The molecule has 0 saturated heterocycles. The molecular formula is C16H23NO2. The fraction of sp³-hybridized carbons (Fsp3) is 0.562. The zero-order valence-electron chi connectivity index (χ0n) is 12.0. The van der Waals surface area contributed by atoms with Crippen LogP contribution >= 0.6 is 0 Å². The van der Waals surface area contributed by atoms with Gasteiger partial charge in [0, 0.05) is 0 Å². The van der Waals surface area contributed by atoms with Crippen molar-refractivity contribution in [1.29, 1.82) is 0 Å². The average Bonchev–Trinajstić information content (AvgIpc) is 3.28. The third-order valence-electron chi connectivity index (χ3n) is 3.97. The summed E-state index contributed by atoms with van der Waals surface area (Å²) in [5, 5.41) is 3.39. The number of methoxy groups -OCH3 is 1. The van der Waals surface area contributed by atoms with Gasteiger partial charge >= 0.3 is 5.97 Å². The van der Waals surface area contributed by atoms with E-state index < -0.39 is 5.54 Å². The van der Waals surface area contributed by atoms with Gasteiger partial charge in [-0.3, -0.25) is 5.32 Å². The van der Waals surface area contributed by atoms with Crippen molar-refractivity contribution in [3.63, 3.8) is 0 Å². The summed E-state index contributed by atoms with van der Waals surface area (Å²) >= 11 is 0. The molecule has 0 aromatic heterocycles. The fourth-order valence-electron chi connectivity index (χ4n) is 2.24. The van der Waals surface area contributed by atoms with Gasteiger partial charge < -0.3 is 4.74 Å². The normalized spacial score (nSPS) is 17.8. The number of aryl methyl sites for hydroxylation is 1. The van der Waals surface area contributed by atoms with Crippen molar-refractivity contribution >= 4 is 5.97 Å². The van der Waals surface area contributed by atoms with Crippen molar-refractivity contribution in [1.82, 2.24) is 5.32 Å². The Balaban J connectivity index is 2.20. The molecule has 0 heterocycles. The molecule has 1 aromatic carbocycles. The number of benzene rings is 1. The molecule has 1 atom stereocenters. The fourth-order valence-corrected chi connectivity index (χ4v) is 2.24. The lowest BCUT2D eigenvalue weighted by Gasteiger charge is -2.29. The number of rotatable bonds is 6. The van der Waals surface area contributed by atoms with Crippen LogP contribution in [0.3, 0.4) is 0 Å². The van der Waals surface area contributed by atoms with Crippen LogP contribution in [0.1, 0.15) is 37.8 Å². The van der Waals surface area contributed by atoms with Gasteiger partial charge in [0.05, 0.1) is 7.11 Å². The van der Waals surface area contributed by atoms with E-state index in [9.17, 15) is 4.79 Å². The van der Waals surface area contributed by atoms with Crippen molar-refractivity contribution in [2.45, 2.75) is 38.6 Å². The Bertz CT molecular complexity index is 437. The van der Waals surface area contributed by atoms with Gasteiger partial charge in [0.25, 0.3) is 0 Å². The maximum atomic E-state index is 12.1. The second-order valence-corrected chi connectivity index (χ2v) is 5.49. The van der Waals surface area contributed by atoms with Crippen molar-refractivity contribution in [2.24, 2.45) is 5.92 Å². The van der Waals surface area contributed by atoms with Gasteiger partial charge in [-0.05, 0) is 49.8 Å². The second-order valence-electron chi connectivity index (χ2n) is 5.49. The van der Waals surface area contributed by atoms with Crippen LogP contribution in [0.15, 0.2) is 24.3 Å². The van der Waals surface area contributed by atoms with Crippen LogP contribution in [0.25, 0.3) is 0 Å².